The number of anilines is 1. The first-order valence-corrected chi connectivity index (χ1v) is 10.0. The Morgan fingerprint density at radius 1 is 1.17 bits per heavy atom. The number of carbonyl (C=O) groups is 2. The van der Waals surface area contributed by atoms with Gasteiger partial charge in [0.1, 0.15) is 0 Å². The zero-order chi connectivity index (χ0) is 21.1. The summed E-state index contributed by atoms with van der Waals surface area (Å²) in [6.07, 6.45) is 3.94. The first kappa shape index (κ1) is 20.0. The van der Waals surface area contributed by atoms with Gasteiger partial charge < -0.3 is 14.0 Å². The predicted molar refractivity (Wildman–Crippen MR) is 111 cm³/mol. The Balaban J connectivity index is 1.93. The molecule has 0 fully saturated rings. The number of aromatic nitrogens is 3. The van der Waals surface area contributed by atoms with Gasteiger partial charge in [0.25, 0.3) is 0 Å². The second-order valence-electron chi connectivity index (χ2n) is 7.06. The molecule has 1 aromatic carbocycles. The van der Waals surface area contributed by atoms with E-state index in [2.05, 4.69) is 4.98 Å². The SMILES string of the molecule is CCOC(=O)C1C(=O)N(CCCOC)c2nc3ccccc3n2C1c1ccncc1. The van der Waals surface area contributed by atoms with E-state index >= 15 is 0 Å². The van der Waals surface area contributed by atoms with E-state index in [9.17, 15) is 9.59 Å². The molecule has 3 aromatic rings. The van der Waals surface area contributed by atoms with Gasteiger partial charge in [0, 0.05) is 32.7 Å². The maximum absolute atomic E-state index is 13.6. The summed E-state index contributed by atoms with van der Waals surface area (Å²) in [5, 5.41) is 0. The minimum absolute atomic E-state index is 0.201. The number of para-hydroxylation sites is 2. The second kappa shape index (κ2) is 8.62. The van der Waals surface area contributed by atoms with E-state index in [-0.39, 0.29) is 12.5 Å². The van der Waals surface area contributed by atoms with Crippen molar-refractivity contribution < 1.29 is 19.1 Å². The van der Waals surface area contributed by atoms with Crippen LogP contribution in [0, 0.1) is 5.92 Å². The van der Waals surface area contributed by atoms with Gasteiger partial charge >= 0.3 is 5.97 Å². The first-order valence-electron chi connectivity index (χ1n) is 10.0. The summed E-state index contributed by atoms with van der Waals surface area (Å²) in [6, 6.07) is 10.8. The third-order valence-electron chi connectivity index (χ3n) is 5.26. The van der Waals surface area contributed by atoms with Gasteiger partial charge in [-0.15, -0.1) is 0 Å². The van der Waals surface area contributed by atoms with Crippen molar-refractivity contribution in [3.8, 4) is 0 Å². The number of rotatable bonds is 7. The Morgan fingerprint density at radius 2 is 1.93 bits per heavy atom. The zero-order valence-electron chi connectivity index (χ0n) is 17.0. The van der Waals surface area contributed by atoms with Crippen LogP contribution in [0.4, 0.5) is 5.95 Å². The van der Waals surface area contributed by atoms with Crippen molar-refractivity contribution >= 4 is 28.9 Å². The lowest BCUT2D eigenvalue weighted by atomic mass is 9.90. The molecule has 1 amide bonds. The molecule has 2 unspecified atom stereocenters. The third-order valence-corrected chi connectivity index (χ3v) is 5.26. The molecule has 0 radical (unpaired) electrons. The lowest BCUT2D eigenvalue weighted by Crippen LogP contribution is -2.50. The highest BCUT2D eigenvalue weighted by molar-refractivity contribution is 6.08. The normalized spacial score (nSPS) is 18.5. The first-order chi connectivity index (χ1) is 14.7. The number of hydrogen-bond donors (Lipinski definition) is 0. The molecule has 0 bridgehead atoms. The van der Waals surface area contributed by atoms with Crippen LogP contribution in [0.2, 0.25) is 0 Å². The fraction of sp³-hybridized carbons (Fsp3) is 0.364. The van der Waals surface area contributed by atoms with Crippen molar-refractivity contribution in [1.82, 2.24) is 14.5 Å². The summed E-state index contributed by atoms with van der Waals surface area (Å²) in [7, 11) is 1.62. The van der Waals surface area contributed by atoms with Crippen LogP contribution in [-0.4, -0.2) is 53.3 Å². The van der Waals surface area contributed by atoms with Crippen molar-refractivity contribution in [3.63, 3.8) is 0 Å². The Hall–Kier alpha value is -3.26. The molecular formula is C22H24N4O4. The third kappa shape index (κ3) is 3.43. The van der Waals surface area contributed by atoms with Crippen LogP contribution < -0.4 is 4.90 Å². The van der Waals surface area contributed by atoms with Crippen LogP contribution in [0.15, 0.2) is 48.8 Å². The number of ether oxygens (including phenoxy) is 2. The van der Waals surface area contributed by atoms with Crippen LogP contribution >= 0.6 is 0 Å². The quantitative estimate of drug-likeness (QED) is 0.339. The van der Waals surface area contributed by atoms with Gasteiger partial charge in [-0.05, 0) is 43.2 Å². The maximum atomic E-state index is 13.6. The Labute approximate surface area is 174 Å². The molecule has 4 rings (SSSR count). The Bertz CT molecular complexity index is 1050. The summed E-state index contributed by atoms with van der Waals surface area (Å²) in [5.74, 6) is -1.33. The summed E-state index contributed by atoms with van der Waals surface area (Å²) in [6.45, 7) is 2.84. The minimum Gasteiger partial charge on any atom is -0.465 e. The molecule has 2 aromatic heterocycles. The van der Waals surface area contributed by atoms with Gasteiger partial charge in [0.15, 0.2) is 5.92 Å². The fourth-order valence-electron chi connectivity index (χ4n) is 3.99. The van der Waals surface area contributed by atoms with E-state index in [1.54, 1.807) is 31.3 Å². The highest BCUT2D eigenvalue weighted by Gasteiger charge is 2.47. The number of fused-ring (bicyclic) bond motifs is 3. The Morgan fingerprint density at radius 3 is 2.67 bits per heavy atom. The highest BCUT2D eigenvalue weighted by Crippen LogP contribution is 2.41. The van der Waals surface area contributed by atoms with Gasteiger partial charge in [0.05, 0.1) is 23.7 Å². The largest absolute Gasteiger partial charge is 0.465 e. The molecule has 0 spiro atoms. The molecule has 8 heteroatoms. The summed E-state index contributed by atoms with van der Waals surface area (Å²) in [4.78, 5) is 37.0. The molecule has 8 nitrogen and oxygen atoms in total. The highest BCUT2D eigenvalue weighted by atomic mass is 16.5. The number of methoxy groups -OCH3 is 1. The van der Waals surface area contributed by atoms with E-state index in [4.69, 9.17) is 14.5 Å². The van der Waals surface area contributed by atoms with Crippen molar-refractivity contribution in [1.29, 1.82) is 0 Å². The number of amides is 1. The molecule has 0 N–H and O–H groups in total. The maximum Gasteiger partial charge on any atom is 0.321 e. The predicted octanol–water partition coefficient (Wildman–Crippen LogP) is 2.58. The smallest absolute Gasteiger partial charge is 0.321 e. The molecule has 30 heavy (non-hydrogen) atoms. The van der Waals surface area contributed by atoms with E-state index in [1.165, 1.54) is 0 Å². The van der Waals surface area contributed by atoms with Crippen LogP contribution in [0.25, 0.3) is 11.0 Å². The molecule has 1 aliphatic rings. The molecule has 0 saturated carbocycles. The number of carbonyl (C=O) groups excluding carboxylic acids is 2. The molecule has 156 valence electrons. The monoisotopic (exact) mass is 408 g/mol. The summed E-state index contributed by atoms with van der Waals surface area (Å²) >= 11 is 0. The lowest BCUT2D eigenvalue weighted by molar-refractivity contribution is -0.153. The number of pyridine rings is 1. The van der Waals surface area contributed by atoms with Crippen LogP contribution in [-0.2, 0) is 19.1 Å². The molecule has 0 saturated heterocycles. The number of imidazole rings is 1. The van der Waals surface area contributed by atoms with Gasteiger partial charge in [0.2, 0.25) is 11.9 Å². The summed E-state index contributed by atoms with van der Waals surface area (Å²) < 4.78 is 12.4. The Kier molecular flexibility index (Phi) is 5.76. The van der Waals surface area contributed by atoms with Crippen LogP contribution in [0.3, 0.4) is 0 Å². The summed E-state index contributed by atoms with van der Waals surface area (Å²) in [5.41, 5.74) is 2.42. The number of esters is 1. The zero-order valence-corrected chi connectivity index (χ0v) is 17.0. The van der Waals surface area contributed by atoms with E-state index in [0.29, 0.717) is 25.5 Å². The lowest BCUT2D eigenvalue weighted by Gasteiger charge is -2.37. The average Bonchev–Trinajstić information content (AvgIpc) is 3.14. The molecule has 3 heterocycles. The van der Waals surface area contributed by atoms with Crippen molar-refractivity contribution in [2.75, 3.05) is 31.8 Å². The van der Waals surface area contributed by atoms with Gasteiger partial charge in [-0.3, -0.25) is 19.5 Å². The number of hydrogen-bond acceptors (Lipinski definition) is 6. The van der Waals surface area contributed by atoms with E-state index in [1.807, 2.05) is 41.0 Å². The second-order valence-corrected chi connectivity index (χ2v) is 7.06. The number of nitrogens with zero attached hydrogens (tertiary/aromatic N) is 4. The molecular weight excluding hydrogens is 384 g/mol. The molecule has 2 atom stereocenters. The minimum atomic E-state index is -1.01. The van der Waals surface area contributed by atoms with E-state index < -0.39 is 17.9 Å². The van der Waals surface area contributed by atoms with Crippen LogP contribution in [0.5, 0.6) is 0 Å². The van der Waals surface area contributed by atoms with Crippen molar-refractivity contribution in [2.24, 2.45) is 5.92 Å². The number of benzene rings is 1. The van der Waals surface area contributed by atoms with Gasteiger partial charge in [-0.2, -0.15) is 0 Å². The topological polar surface area (TPSA) is 86.5 Å². The van der Waals surface area contributed by atoms with Gasteiger partial charge in [-0.25, -0.2) is 4.98 Å². The van der Waals surface area contributed by atoms with Crippen molar-refractivity contribution in [3.05, 3.63) is 54.4 Å². The molecule has 1 aliphatic heterocycles. The van der Waals surface area contributed by atoms with E-state index in [0.717, 1.165) is 16.6 Å². The molecule has 0 aliphatic carbocycles. The van der Waals surface area contributed by atoms with Crippen LogP contribution in [0.1, 0.15) is 24.9 Å². The van der Waals surface area contributed by atoms with Gasteiger partial charge in [-0.1, -0.05) is 12.1 Å². The van der Waals surface area contributed by atoms with Crippen molar-refractivity contribution in [2.45, 2.75) is 19.4 Å². The fourth-order valence-corrected chi connectivity index (χ4v) is 3.99. The average molecular weight is 408 g/mol. The standard InChI is InChI=1S/C22H24N4O4/c1-3-30-21(28)18-19(15-9-11-23-12-10-15)26-17-8-5-4-7-16(17)24-22(26)25(20(18)27)13-6-14-29-2/h4-5,7-12,18-19H,3,6,13-14H2,1-2H3.